The predicted molar refractivity (Wildman–Crippen MR) is 91.8 cm³/mol. The van der Waals surface area contributed by atoms with Gasteiger partial charge in [0.15, 0.2) is 0 Å². The fourth-order valence-electron chi connectivity index (χ4n) is 3.21. The lowest BCUT2D eigenvalue weighted by Crippen LogP contribution is -2.34. The van der Waals surface area contributed by atoms with Crippen molar-refractivity contribution in [3.05, 3.63) is 72.1 Å². The Kier molecular flexibility index (Phi) is 3.39. The van der Waals surface area contributed by atoms with Crippen LogP contribution in [-0.4, -0.2) is 35.3 Å². The summed E-state index contributed by atoms with van der Waals surface area (Å²) in [5.74, 6) is 0.0662. The van der Waals surface area contributed by atoms with Crippen LogP contribution in [0.3, 0.4) is 0 Å². The van der Waals surface area contributed by atoms with Crippen molar-refractivity contribution in [2.24, 2.45) is 0 Å². The molecule has 0 radical (unpaired) electrons. The fraction of sp³-hybridized carbons (Fsp3) is 0.211. The first kappa shape index (κ1) is 14.0. The lowest BCUT2D eigenvalue weighted by Gasteiger charge is -2.22. The van der Waals surface area contributed by atoms with Gasteiger partial charge in [-0.15, -0.1) is 0 Å². The molecule has 4 nitrogen and oxygen atoms in total. The van der Waals surface area contributed by atoms with E-state index in [4.69, 9.17) is 0 Å². The van der Waals surface area contributed by atoms with Gasteiger partial charge in [-0.3, -0.25) is 4.79 Å². The number of aromatic nitrogens is 1. The summed E-state index contributed by atoms with van der Waals surface area (Å²) in [6, 6.07) is 16.1. The molecule has 0 atom stereocenters. The molecule has 1 aliphatic heterocycles. The zero-order valence-electron chi connectivity index (χ0n) is 13.1. The molecule has 0 saturated heterocycles. The minimum Gasteiger partial charge on any atom is -0.323 e. The SMILES string of the molecule is CN1CCN(C(=O)c2cc3ccccn3c2)c2ccccc2C1. The second-order valence-electron chi connectivity index (χ2n) is 6.08. The lowest BCUT2D eigenvalue weighted by molar-refractivity contribution is 0.0986. The van der Waals surface area contributed by atoms with Crippen LogP contribution in [0.1, 0.15) is 15.9 Å². The summed E-state index contributed by atoms with van der Waals surface area (Å²) in [7, 11) is 2.09. The van der Waals surface area contributed by atoms with Gasteiger partial charge in [-0.05, 0) is 36.9 Å². The van der Waals surface area contributed by atoms with Crippen molar-refractivity contribution >= 4 is 17.1 Å². The second kappa shape index (κ2) is 5.56. The summed E-state index contributed by atoms with van der Waals surface area (Å²) in [4.78, 5) is 17.2. The summed E-state index contributed by atoms with van der Waals surface area (Å²) in [5.41, 5.74) is 3.99. The van der Waals surface area contributed by atoms with Crippen molar-refractivity contribution in [1.29, 1.82) is 0 Å². The number of anilines is 1. The summed E-state index contributed by atoms with van der Waals surface area (Å²) >= 11 is 0. The fourth-order valence-corrected chi connectivity index (χ4v) is 3.21. The first-order valence-corrected chi connectivity index (χ1v) is 7.87. The van der Waals surface area contributed by atoms with Gasteiger partial charge in [0, 0.05) is 43.2 Å². The maximum atomic E-state index is 13.1. The number of benzene rings is 1. The van der Waals surface area contributed by atoms with Crippen molar-refractivity contribution in [3.63, 3.8) is 0 Å². The Bertz CT molecular complexity index is 835. The van der Waals surface area contributed by atoms with E-state index in [1.54, 1.807) is 0 Å². The van der Waals surface area contributed by atoms with Crippen LogP contribution in [0.5, 0.6) is 0 Å². The highest BCUT2D eigenvalue weighted by atomic mass is 16.2. The number of rotatable bonds is 1. The smallest absolute Gasteiger partial charge is 0.259 e. The molecule has 1 aromatic carbocycles. The van der Waals surface area contributed by atoms with Crippen LogP contribution in [0.4, 0.5) is 5.69 Å². The number of fused-ring (bicyclic) bond motifs is 2. The molecular weight excluding hydrogens is 286 g/mol. The van der Waals surface area contributed by atoms with Crippen LogP contribution in [-0.2, 0) is 6.54 Å². The van der Waals surface area contributed by atoms with Gasteiger partial charge in [0.2, 0.25) is 0 Å². The van der Waals surface area contributed by atoms with Gasteiger partial charge in [-0.1, -0.05) is 24.3 Å². The maximum Gasteiger partial charge on any atom is 0.259 e. The molecule has 4 rings (SSSR count). The number of amides is 1. The molecule has 0 fully saturated rings. The lowest BCUT2D eigenvalue weighted by atomic mass is 10.1. The Hall–Kier alpha value is -2.59. The number of para-hydroxylation sites is 1. The molecule has 3 aromatic rings. The van der Waals surface area contributed by atoms with Crippen molar-refractivity contribution in [3.8, 4) is 0 Å². The topological polar surface area (TPSA) is 28.0 Å². The summed E-state index contributed by atoms with van der Waals surface area (Å²) in [6.45, 7) is 2.45. The predicted octanol–water partition coefficient (Wildman–Crippen LogP) is 3.03. The number of carbonyl (C=O) groups is 1. The largest absolute Gasteiger partial charge is 0.323 e. The van der Waals surface area contributed by atoms with Gasteiger partial charge in [-0.25, -0.2) is 0 Å². The second-order valence-corrected chi connectivity index (χ2v) is 6.08. The molecule has 1 amide bonds. The van der Waals surface area contributed by atoms with E-state index in [1.165, 1.54) is 5.56 Å². The highest BCUT2D eigenvalue weighted by molar-refractivity contribution is 6.07. The number of hydrogen-bond donors (Lipinski definition) is 0. The van der Waals surface area contributed by atoms with Crippen LogP contribution in [0, 0.1) is 0 Å². The molecule has 0 unspecified atom stereocenters. The molecule has 4 heteroatoms. The molecule has 0 bridgehead atoms. The van der Waals surface area contributed by atoms with Crippen molar-refractivity contribution in [1.82, 2.24) is 9.30 Å². The van der Waals surface area contributed by atoms with Gasteiger partial charge in [0.05, 0.1) is 5.56 Å². The third-order valence-electron chi connectivity index (χ3n) is 4.42. The van der Waals surface area contributed by atoms with E-state index in [2.05, 4.69) is 18.0 Å². The molecule has 3 heterocycles. The Morgan fingerprint density at radius 3 is 2.74 bits per heavy atom. The highest BCUT2D eigenvalue weighted by Gasteiger charge is 2.24. The zero-order chi connectivity index (χ0) is 15.8. The molecule has 116 valence electrons. The van der Waals surface area contributed by atoms with E-state index in [9.17, 15) is 4.79 Å². The van der Waals surface area contributed by atoms with Gasteiger partial charge in [0.25, 0.3) is 5.91 Å². The van der Waals surface area contributed by atoms with Gasteiger partial charge in [-0.2, -0.15) is 0 Å². The van der Waals surface area contributed by atoms with Crippen molar-refractivity contribution in [2.75, 3.05) is 25.0 Å². The van der Waals surface area contributed by atoms with Crippen LogP contribution >= 0.6 is 0 Å². The molecule has 0 saturated carbocycles. The first-order chi connectivity index (χ1) is 11.2. The van der Waals surface area contributed by atoms with E-state index in [1.807, 2.05) is 64.2 Å². The van der Waals surface area contributed by atoms with E-state index in [-0.39, 0.29) is 5.91 Å². The van der Waals surface area contributed by atoms with E-state index in [0.717, 1.165) is 29.9 Å². The number of carbonyl (C=O) groups excluding carboxylic acids is 1. The zero-order valence-corrected chi connectivity index (χ0v) is 13.1. The van der Waals surface area contributed by atoms with Gasteiger partial charge >= 0.3 is 0 Å². The quantitative estimate of drug-likeness (QED) is 0.691. The van der Waals surface area contributed by atoms with Crippen LogP contribution in [0.15, 0.2) is 60.9 Å². The van der Waals surface area contributed by atoms with Crippen LogP contribution < -0.4 is 4.90 Å². The minimum absolute atomic E-state index is 0.0662. The standard InChI is InChI=1S/C19H19N3O/c1-20-10-11-22(18-8-3-2-6-15(18)13-20)19(23)16-12-17-7-4-5-9-21(17)14-16/h2-9,12,14H,10-11,13H2,1H3. The van der Waals surface area contributed by atoms with Crippen molar-refractivity contribution in [2.45, 2.75) is 6.54 Å². The molecule has 0 aliphatic carbocycles. The maximum absolute atomic E-state index is 13.1. The first-order valence-electron chi connectivity index (χ1n) is 7.87. The Morgan fingerprint density at radius 2 is 1.87 bits per heavy atom. The number of likely N-dealkylation sites (N-methyl/N-ethyl adjacent to an activating group) is 1. The van der Waals surface area contributed by atoms with E-state index >= 15 is 0 Å². The normalized spacial score (nSPS) is 15.4. The highest BCUT2D eigenvalue weighted by Crippen LogP contribution is 2.26. The van der Waals surface area contributed by atoms with E-state index in [0.29, 0.717) is 6.54 Å². The monoisotopic (exact) mass is 305 g/mol. The molecule has 0 N–H and O–H groups in total. The molecule has 0 spiro atoms. The number of nitrogens with zero attached hydrogens (tertiary/aromatic N) is 3. The molecule has 1 aliphatic rings. The number of pyridine rings is 1. The Labute approximate surface area is 135 Å². The third-order valence-corrected chi connectivity index (χ3v) is 4.42. The third kappa shape index (κ3) is 2.51. The average molecular weight is 305 g/mol. The summed E-state index contributed by atoms with van der Waals surface area (Å²) in [5, 5.41) is 0. The van der Waals surface area contributed by atoms with Gasteiger partial charge < -0.3 is 14.2 Å². The van der Waals surface area contributed by atoms with Crippen molar-refractivity contribution < 1.29 is 4.79 Å². The average Bonchev–Trinajstić information content (AvgIpc) is 2.92. The Balaban J connectivity index is 1.75. The molecule has 23 heavy (non-hydrogen) atoms. The minimum atomic E-state index is 0.0662. The van der Waals surface area contributed by atoms with Crippen LogP contribution in [0.2, 0.25) is 0 Å². The summed E-state index contributed by atoms with van der Waals surface area (Å²) in [6.07, 6.45) is 3.88. The molecule has 2 aromatic heterocycles. The number of hydrogen-bond acceptors (Lipinski definition) is 2. The Morgan fingerprint density at radius 1 is 1.04 bits per heavy atom. The van der Waals surface area contributed by atoms with Gasteiger partial charge in [0.1, 0.15) is 0 Å². The molecular formula is C19H19N3O. The summed E-state index contributed by atoms with van der Waals surface area (Å²) < 4.78 is 1.99. The van der Waals surface area contributed by atoms with Crippen LogP contribution in [0.25, 0.3) is 5.52 Å². The van der Waals surface area contributed by atoms with E-state index < -0.39 is 0 Å².